The first-order chi connectivity index (χ1) is 14.8. The smallest absolute Gasteiger partial charge is 0.295 e. The van der Waals surface area contributed by atoms with Crippen LogP contribution in [0.2, 0.25) is 0 Å². The standard InChI is InChI=1S/C25H28N4O2/c1-25(2,3)27-23(18-9-5-4-6-10-18)28-13-15-29(16-14-28)24(31)22(30)20-17-26-21-12-8-7-11-19(20)21/h4-12,17,26H,13-16H2,1-3H3. The van der Waals surface area contributed by atoms with Gasteiger partial charge in [-0.25, -0.2) is 0 Å². The molecule has 6 heteroatoms. The number of aromatic amines is 1. The molecule has 1 aromatic heterocycles. The monoisotopic (exact) mass is 416 g/mol. The number of ketones is 1. The van der Waals surface area contributed by atoms with Crippen LogP contribution in [0.5, 0.6) is 0 Å². The zero-order valence-corrected chi connectivity index (χ0v) is 18.3. The normalized spacial score (nSPS) is 15.4. The van der Waals surface area contributed by atoms with E-state index in [0.717, 1.165) is 22.3 Å². The molecule has 1 fully saturated rings. The van der Waals surface area contributed by atoms with Crippen LogP contribution >= 0.6 is 0 Å². The van der Waals surface area contributed by atoms with E-state index in [1.54, 1.807) is 11.1 Å². The number of hydrogen-bond acceptors (Lipinski definition) is 3. The maximum Gasteiger partial charge on any atom is 0.295 e. The fourth-order valence-corrected chi connectivity index (χ4v) is 3.86. The minimum Gasteiger partial charge on any atom is -0.360 e. The van der Waals surface area contributed by atoms with Gasteiger partial charge in [0.05, 0.1) is 11.1 Å². The van der Waals surface area contributed by atoms with Crippen LogP contribution in [0.1, 0.15) is 36.7 Å². The van der Waals surface area contributed by atoms with Crippen LogP contribution in [0.25, 0.3) is 10.9 Å². The summed E-state index contributed by atoms with van der Waals surface area (Å²) in [5, 5.41) is 0.781. The molecule has 0 saturated carbocycles. The number of para-hydroxylation sites is 1. The number of nitrogens with one attached hydrogen (secondary N) is 1. The van der Waals surface area contributed by atoms with E-state index in [9.17, 15) is 9.59 Å². The molecule has 0 spiro atoms. The lowest BCUT2D eigenvalue weighted by Crippen LogP contribution is -2.52. The predicted octanol–water partition coefficient (Wildman–Crippen LogP) is 3.74. The van der Waals surface area contributed by atoms with Gasteiger partial charge in [-0.1, -0.05) is 48.5 Å². The van der Waals surface area contributed by atoms with Crippen molar-refractivity contribution in [2.75, 3.05) is 26.2 Å². The maximum atomic E-state index is 12.9. The Morgan fingerprint density at radius 3 is 2.16 bits per heavy atom. The summed E-state index contributed by atoms with van der Waals surface area (Å²) in [5.74, 6) is 0.0270. The number of aromatic nitrogens is 1. The number of Topliss-reactive ketones (excluding diaryl/α,β-unsaturated/α-hetero) is 1. The van der Waals surface area contributed by atoms with Crippen molar-refractivity contribution < 1.29 is 9.59 Å². The highest BCUT2D eigenvalue weighted by molar-refractivity contribution is 6.44. The molecular formula is C25H28N4O2. The number of carbonyl (C=O) groups excluding carboxylic acids is 2. The molecule has 2 heterocycles. The molecule has 1 aliphatic heterocycles. The van der Waals surface area contributed by atoms with Crippen LogP contribution in [-0.4, -0.2) is 64.0 Å². The van der Waals surface area contributed by atoms with Gasteiger partial charge in [-0.15, -0.1) is 0 Å². The quantitative estimate of drug-likeness (QED) is 0.306. The Hall–Kier alpha value is -3.41. The lowest BCUT2D eigenvalue weighted by molar-refractivity contribution is -0.127. The summed E-state index contributed by atoms with van der Waals surface area (Å²) in [4.78, 5) is 37.7. The number of amides is 1. The fraction of sp³-hybridized carbons (Fsp3) is 0.320. The summed E-state index contributed by atoms with van der Waals surface area (Å²) in [5.41, 5.74) is 2.13. The van der Waals surface area contributed by atoms with Gasteiger partial charge in [-0.05, 0) is 26.8 Å². The Kier molecular flexibility index (Phi) is 5.63. The highest BCUT2D eigenvalue weighted by Gasteiger charge is 2.30. The minimum absolute atomic E-state index is 0.219. The molecule has 1 saturated heterocycles. The predicted molar refractivity (Wildman–Crippen MR) is 124 cm³/mol. The second-order valence-corrected chi connectivity index (χ2v) is 8.83. The van der Waals surface area contributed by atoms with Crippen molar-refractivity contribution in [1.82, 2.24) is 14.8 Å². The van der Waals surface area contributed by atoms with Crippen molar-refractivity contribution in [3.63, 3.8) is 0 Å². The second-order valence-electron chi connectivity index (χ2n) is 8.83. The van der Waals surface area contributed by atoms with E-state index in [4.69, 9.17) is 4.99 Å². The first kappa shape index (κ1) is 20.8. The van der Waals surface area contributed by atoms with Crippen LogP contribution in [0.4, 0.5) is 0 Å². The lowest BCUT2D eigenvalue weighted by atomic mass is 10.1. The van der Waals surface area contributed by atoms with Gasteiger partial charge in [0, 0.05) is 48.8 Å². The van der Waals surface area contributed by atoms with E-state index >= 15 is 0 Å². The van der Waals surface area contributed by atoms with Gasteiger partial charge >= 0.3 is 0 Å². The molecule has 160 valence electrons. The number of nitrogens with zero attached hydrogens (tertiary/aromatic N) is 3. The Morgan fingerprint density at radius 2 is 1.48 bits per heavy atom. The first-order valence-electron chi connectivity index (χ1n) is 10.6. The minimum atomic E-state index is -0.461. The number of benzene rings is 2. The number of carbonyl (C=O) groups is 2. The van der Waals surface area contributed by atoms with Gasteiger partial charge in [0.2, 0.25) is 0 Å². The summed E-state index contributed by atoms with van der Waals surface area (Å²) in [6, 6.07) is 17.7. The Labute approximate surface area is 182 Å². The van der Waals surface area contributed by atoms with Crippen LogP contribution in [-0.2, 0) is 4.79 Å². The molecule has 0 bridgehead atoms. The van der Waals surface area contributed by atoms with Crippen molar-refractivity contribution in [2.24, 2.45) is 4.99 Å². The summed E-state index contributed by atoms with van der Waals surface area (Å²) in [6.45, 7) is 8.49. The van der Waals surface area contributed by atoms with Crippen LogP contribution in [0.3, 0.4) is 0 Å². The molecule has 1 amide bonds. The third kappa shape index (κ3) is 4.53. The van der Waals surface area contributed by atoms with E-state index in [-0.39, 0.29) is 5.54 Å². The lowest BCUT2D eigenvalue weighted by Gasteiger charge is -2.37. The number of piperazine rings is 1. The molecular weight excluding hydrogens is 388 g/mol. The van der Waals surface area contributed by atoms with Crippen molar-refractivity contribution in [1.29, 1.82) is 0 Å². The number of rotatable bonds is 3. The SMILES string of the molecule is CC(C)(C)N=C(c1ccccc1)N1CCN(C(=O)C(=O)c2c[nH]c3ccccc23)CC1. The topological polar surface area (TPSA) is 68.8 Å². The molecule has 1 N–H and O–H groups in total. The highest BCUT2D eigenvalue weighted by Crippen LogP contribution is 2.20. The Bertz CT molecular complexity index is 1120. The van der Waals surface area contributed by atoms with Crippen LogP contribution in [0, 0.1) is 0 Å². The molecule has 0 unspecified atom stereocenters. The molecule has 0 radical (unpaired) electrons. The Balaban J connectivity index is 1.49. The number of fused-ring (bicyclic) bond motifs is 1. The summed E-state index contributed by atoms with van der Waals surface area (Å²) >= 11 is 0. The number of hydrogen-bond donors (Lipinski definition) is 1. The number of amidine groups is 1. The number of H-pyrrole nitrogens is 1. The maximum absolute atomic E-state index is 12.9. The zero-order chi connectivity index (χ0) is 22.0. The van der Waals surface area contributed by atoms with Gasteiger partial charge in [0.25, 0.3) is 11.7 Å². The van der Waals surface area contributed by atoms with Crippen molar-refractivity contribution >= 4 is 28.4 Å². The molecule has 3 aromatic rings. The van der Waals surface area contributed by atoms with Crippen molar-refractivity contribution in [3.05, 3.63) is 71.9 Å². The van der Waals surface area contributed by atoms with E-state index in [1.807, 2.05) is 42.5 Å². The summed E-state index contributed by atoms with van der Waals surface area (Å²) < 4.78 is 0. The average molecular weight is 417 g/mol. The van der Waals surface area contributed by atoms with Crippen LogP contribution < -0.4 is 0 Å². The van der Waals surface area contributed by atoms with E-state index in [2.05, 4.69) is 42.8 Å². The second kappa shape index (κ2) is 8.38. The Morgan fingerprint density at radius 1 is 0.871 bits per heavy atom. The molecule has 4 rings (SSSR count). The summed E-state index contributed by atoms with van der Waals surface area (Å²) in [7, 11) is 0. The van der Waals surface area contributed by atoms with E-state index in [1.165, 1.54) is 0 Å². The van der Waals surface area contributed by atoms with Gasteiger partial charge in [-0.2, -0.15) is 0 Å². The molecule has 31 heavy (non-hydrogen) atoms. The fourth-order valence-electron chi connectivity index (χ4n) is 3.86. The van der Waals surface area contributed by atoms with Crippen LogP contribution in [0.15, 0.2) is 65.8 Å². The van der Waals surface area contributed by atoms with Gasteiger partial charge in [0.15, 0.2) is 0 Å². The van der Waals surface area contributed by atoms with Gasteiger partial charge in [0.1, 0.15) is 5.84 Å². The molecule has 6 nitrogen and oxygen atoms in total. The third-order valence-electron chi connectivity index (χ3n) is 5.37. The zero-order valence-electron chi connectivity index (χ0n) is 18.3. The summed E-state index contributed by atoms with van der Waals surface area (Å²) in [6.07, 6.45) is 1.63. The first-order valence-corrected chi connectivity index (χ1v) is 10.6. The molecule has 0 atom stereocenters. The van der Waals surface area contributed by atoms with Gasteiger partial charge in [-0.3, -0.25) is 14.6 Å². The largest absolute Gasteiger partial charge is 0.360 e. The number of aliphatic imine (C=N–C) groups is 1. The van der Waals surface area contributed by atoms with Crippen molar-refractivity contribution in [3.8, 4) is 0 Å². The van der Waals surface area contributed by atoms with Crippen molar-refractivity contribution in [2.45, 2.75) is 26.3 Å². The van der Waals surface area contributed by atoms with Gasteiger partial charge < -0.3 is 14.8 Å². The molecule has 1 aliphatic rings. The van der Waals surface area contributed by atoms with E-state index in [0.29, 0.717) is 31.7 Å². The third-order valence-corrected chi connectivity index (χ3v) is 5.37. The highest BCUT2D eigenvalue weighted by atomic mass is 16.2. The average Bonchev–Trinajstić information content (AvgIpc) is 3.21. The molecule has 0 aliphatic carbocycles. The van der Waals surface area contributed by atoms with E-state index < -0.39 is 11.7 Å². The molecule has 2 aromatic carbocycles.